The molecule has 46 heavy (non-hydrogen) atoms. The van der Waals surface area contributed by atoms with Crippen molar-refractivity contribution in [2.75, 3.05) is 11.8 Å². The van der Waals surface area contributed by atoms with E-state index in [4.69, 9.17) is 0 Å². The molecular weight excluding hydrogens is 606 g/mol. The van der Waals surface area contributed by atoms with Crippen LogP contribution in [0.5, 0.6) is 0 Å². The number of nitrogens with zero attached hydrogens (tertiary/aromatic N) is 6. The molecule has 1 aliphatic carbocycles. The van der Waals surface area contributed by atoms with E-state index in [0.717, 1.165) is 22.1 Å². The Morgan fingerprint density at radius 3 is 2.61 bits per heavy atom. The van der Waals surface area contributed by atoms with Gasteiger partial charge in [-0.1, -0.05) is 36.1 Å². The fraction of sp³-hybridized carbons (Fsp3) is 0.156. The maximum Gasteiger partial charge on any atom is 0.300 e. The molecule has 1 amide bonds. The fourth-order valence-corrected chi connectivity index (χ4v) is 6.31. The second-order valence-electron chi connectivity index (χ2n) is 10.8. The minimum absolute atomic E-state index is 0.0621. The highest BCUT2D eigenvalue weighted by atomic mass is 32.2. The second-order valence-corrected chi connectivity index (χ2v) is 12.4. The van der Waals surface area contributed by atoms with Crippen LogP contribution >= 0.6 is 0 Å². The van der Waals surface area contributed by atoms with E-state index in [1.54, 1.807) is 40.8 Å². The molecule has 0 saturated carbocycles. The summed E-state index contributed by atoms with van der Waals surface area (Å²) in [7, 11) is -0.945. The van der Waals surface area contributed by atoms with E-state index in [2.05, 4.69) is 41.8 Å². The number of pyridine rings is 1. The molecule has 0 unspecified atom stereocenters. The number of anilines is 1. The molecule has 14 heteroatoms. The molecule has 4 aromatic heterocycles. The summed E-state index contributed by atoms with van der Waals surface area (Å²) in [6.45, 7) is 1.79. The van der Waals surface area contributed by atoms with Crippen molar-refractivity contribution in [1.82, 2.24) is 39.0 Å². The summed E-state index contributed by atoms with van der Waals surface area (Å²) in [6, 6.07) is 14.0. The highest BCUT2D eigenvalue weighted by Gasteiger charge is 2.32. The third kappa shape index (κ3) is 4.87. The number of aryl methyl sites for hydroxylation is 1. The van der Waals surface area contributed by atoms with E-state index < -0.39 is 22.2 Å². The van der Waals surface area contributed by atoms with Crippen LogP contribution in [0.1, 0.15) is 51.3 Å². The number of aromatic nitrogens is 6. The average Bonchev–Trinajstić information content (AvgIpc) is 3.62. The molecule has 1 aliphatic rings. The molecule has 0 bridgehead atoms. The third-order valence-electron chi connectivity index (χ3n) is 7.87. The molecule has 0 radical (unpaired) electrons. The van der Waals surface area contributed by atoms with Gasteiger partial charge in [0.05, 0.1) is 28.9 Å². The average molecular weight is 634 g/mol. The molecule has 2 aromatic carbocycles. The molecule has 7 rings (SSSR count). The first-order valence-corrected chi connectivity index (χ1v) is 15.8. The minimum atomic E-state index is -4.00. The summed E-state index contributed by atoms with van der Waals surface area (Å²) < 4.78 is 33.8. The molecule has 0 saturated heterocycles. The van der Waals surface area contributed by atoms with Crippen LogP contribution in [0.25, 0.3) is 22.1 Å². The first kappa shape index (κ1) is 29.0. The number of carbonyl (C=O) groups excluding carboxylic acids is 1. The number of amides is 1. The zero-order valence-corrected chi connectivity index (χ0v) is 25.8. The lowest BCUT2D eigenvalue weighted by Gasteiger charge is -2.30. The quantitative estimate of drug-likeness (QED) is 0.228. The summed E-state index contributed by atoms with van der Waals surface area (Å²) in [5.41, 5.74) is 4.34. The van der Waals surface area contributed by atoms with Gasteiger partial charge in [0.15, 0.2) is 11.5 Å². The lowest BCUT2D eigenvalue weighted by Crippen LogP contribution is -2.36. The number of para-hydroxylation sites is 1. The number of nitrogens with one attached hydrogen (secondary N) is 3. The van der Waals surface area contributed by atoms with Crippen LogP contribution in [0.3, 0.4) is 0 Å². The maximum absolute atomic E-state index is 14.5. The Balaban J connectivity index is 1.37. The number of hydrogen-bond acceptors (Lipinski definition) is 7. The zero-order valence-electron chi connectivity index (χ0n) is 24.9. The zero-order chi connectivity index (χ0) is 32.2. The predicted molar refractivity (Wildman–Crippen MR) is 172 cm³/mol. The molecule has 0 fully saturated rings. The van der Waals surface area contributed by atoms with E-state index in [-0.39, 0.29) is 22.6 Å². The minimum Gasteiger partial charge on any atom is -0.344 e. The van der Waals surface area contributed by atoms with Crippen molar-refractivity contribution in [2.45, 2.75) is 19.4 Å². The number of carbonyl (C=O) groups is 1. The largest absolute Gasteiger partial charge is 0.344 e. The smallest absolute Gasteiger partial charge is 0.300 e. The molecule has 230 valence electrons. The van der Waals surface area contributed by atoms with Crippen LogP contribution in [0, 0.1) is 11.8 Å². The predicted octanol–water partition coefficient (Wildman–Crippen LogP) is 2.44. The van der Waals surface area contributed by atoms with Crippen molar-refractivity contribution in [3.05, 3.63) is 117 Å². The summed E-state index contributed by atoms with van der Waals surface area (Å²) in [5.74, 6) is 5.47. The lowest BCUT2D eigenvalue weighted by molar-refractivity contribution is 0.0941. The Morgan fingerprint density at radius 1 is 1.07 bits per heavy atom. The molecule has 6 aromatic rings. The Labute approximate surface area is 263 Å². The molecule has 1 atom stereocenters. The van der Waals surface area contributed by atoms with Gasteiger partial charge in [-0.25, -0.2) is 14.2 Å². The Morgan fingerprint density at radius 2 is 1.87 bits per heavy atom. The summed E-state index contributed by atoms with van der Waals surface area (Å²) in [5, 5.41) is 12.7. The van der Waals surface area contributed by atoms with Gasteiger partial charge < -0.3 is 5.32 Å². The third-order valence-corrected chi connectivity index (χ3v) is 8.87. The molecule has 0 aliphatic heterocycles. The van der Waals surface area contributed by atoms with E-state index in [9.17, 15) is 18.0 Å². The highest BCUT2D eigenvalue weighted by Crippen LogP contribution is 2.39. The lowest BCUT2D eigenvalue weighted by atomic mass is 9.81. The van der Waals surface area contributed by atoms with Gasteiger partial charge in [0.2, 0.25) is 0 Å². The fourth-order valence-electron chi connectivity index (χ4n) is 5.81. The van der Waals surface area contributed by atoms with Gasteiger partial charge in [0.25, 0.3) is 21.7 Å². The van der Waals surface area contributed by atoms with E-state index >= 15 is 0 Å². The molecule has 13 nitrogen and oxygen atoms in total. The van der Waals surface area contributed by atoms with Gasteiger partial charge in [-0.3, -0.25) is 23.6 Å². The normalized spacial score (nSPS) is 12.8. The van der Waals surface area contributed by atoms with Crippen LogP contribution in [-0.2, 0) is 23.7 Å². The van der Waals surface area contributed by atoms with Crippen LogP contribution in [-0.4, -0.2) is 50.3 Å². The second kappa shape index (κ2) is 11.0. The van der Waals surface area contributed by atoms with Crippen molar-refractivity contribution < 1.29 is 13.2 Å². The van der Waals surface area contributed by atoms with Crippen LogP contribution in [0.2, 0.25) is 0 Å². The SMILES string of the molecule is CNS(=O)(=O)Nc1nn2cccnc2c1C(=O)N[C@@H](C)c1c2c3c(ccc(C#Cc4cnn(C)c4)c3c(=O)n1-c1ccccc1)C2. The van der Waals surface area contributed by atoms with Crippen molar-refractivity contribution in [3.8, 4) is 17.5 Å². The van der Waals surface area contributed by atoms with E-state index in [1.807, 2.05) is 49.5 Å². The monoisotopic (exact) mass is 633 g/mol. The van der Waals surface area contributed by atoms with Crippen LogP contribution < -0.4 is 20.3 Å². The number of fused-ring (bicyclic) bond motifs is 1. The van der Waals surface area contributed by atoms with Gasteiger partial charge in [0.1, 0.15) is 5.56 Å². The van der Waals surface area contributed by atoms with Crippen molar-refractivity contribution >= 4 is 38.4 Å². The van der Waals surface area contributed by atoms with Crippen molar-refractivity contribution in [3.63, 3.8) is 0 Å². The molecule has 4 heterocycles. The summed E-state index contributed by atoms with van der Waals surface area (Å²) in [6.07, 6.45) is 7.11. The Bertz CT molecular complexity index is 2430. The Kier molecular flexibility index (Phi) is 6.92. The van der Waals surface area contributed by atoms with Crippen LogP contribution in [0.15, 0.2) is 78.1 Å². The molecule has 0 spiro atoms. The van der Waals surface area contributed by atoms with Gasteiger partial charge in [-0.2, -0.15) is 13.5 Å². The Hall–Kier alpha value is -5.78. The van der Waals surface area contributed by atoms with Gasteiger partial charge >= 0.3 is 0 Å². The molecular formula is C32H27N9O4S. The van der Waals surface area contributed by atoms with Crippen molar-refractivity contribution in [1.29, 1.82) is 0 Å². The standard InChI is InChI=1S/C32H27N9O4S/c1-19(36-31(42)27-29(38-46(44,45)33-2)37-40-15-7-14-34-30(27)40)28-24-16-22-13-12-21(11-10-20-17-35-39(3)18-20)26(25(22)24)32(43)41(28)23-8-5-4-6-9-23/h4-9,12-15,17-19,33H,16H2,1-3H3,(H,36,42)(H,37,38)/t19-/m0/s1. The van der Waals surface area contributed by atoms with Gasteiger partial charge in [-0.05, 0) is 47.7 Å². The van der Waals surface area contributed by atoms with E-state index in [0.29, 0.717) is 28.8 Å². The summed E-state index contributed by atoms with van der Waals surface area (Å²) >= 11 is 0. The van der Waals surface area contributed by atoms with Crippen molar-refractivity contribution in [2.24, 2.45) is 7.05 Å². The molecule has 3 N–H and O–H groups in total. The number of benzene rings is 2. The topological polar surface area (TPSA) is 157 Å². The van der Waals surface area contributed by atoms with Gasteiger partial charge in [-0.15, -0.1) is 5.10 Å². The van der Waals surface area contributed by atoms with Crippen LogP contribution in [0.4, 0.5) is 5.82 Å². The number of hydrogen-bond donors (Lipinski definition) is 3. The van der Waals surface area contributed by atoms with E-state index in [1.165, 1.54) is 17.8 Å². The maximum atomic E-state index is 14.5. The first-order chi connectivity index (χ1) is 22.1. The summed E-state index contributed by atoms with van der Waals surface area (Å²) in [4.78, 5) is 32.7. The number of rotatable bonds is 7. The first-order valence-electron chi connectivity index (χ1n) is 14.3. The highest BCUT2D eigenvalue weighted by molar-refractivity contribution is 7.90. The van der Waals surface area contributed by atoms with Gasteiger partial charge in [0, 0.05) is 50.4 Å².